The number of aromatic nitrogens is 2. The van der Waals surface area contributed by atoms with E-state index in [0.29, 0.717) is 30.2 Å². The molecule has 1 amide bonds. The van der Waals surface area contributed by atoms with Crippen molar-refractivity contribution in [1.29, 1.82) is 0 Å². The molecule has 4 rings (SSSR count). The lowest BCUT2D eigenvalue weighted by atomic mass is 10.1. The highest BCUT2D eigenvalue weighted by Gasteiger charge is 2.30. The molecule has 1 N–H and O–H groups in total. The van der Waals surface area contributed by atoms with E-state index in [-0.39, 0.29) is 5.91 Å². The summed E-state index contributed by atoms with van der Waals surface area (Å²) in [7, 11) is 5.13. The lowest BCUT2D eigenvalue weighted by Gasteiger charge is -2.26. The highest BCUT2D eigenvalue weighted by molar-refractivity contribution is 5.97. The van der Waals surface area contributed by atoms with E-state index in [2.05, 4.69) is 15.3 Å². The fraction of sp³-hybridized carbons (Fsp3) is 0.524. The maximum absolute atomic E-state index is 12.8. The molecule has 0 unspecified atom stereocenters. The highest BCUT2D eigenvalue weighted by Crippen LogP contribution is 2.43. The van der Waals surface area contributed by atoms with E-state index in [1.807, 2.05) is 19.2 Å². The van der Waals surface area contributed by atoms with Crippen molar-refractivity contribution in [2.24, 2.45) is 7.05 Å². The van der Waals surface area contributed by atoms with Gasteiger partial charge in [-0.15, -0.1) is 0 Å². The number of hydrogen-bond donors (Lipinski definition) is 1. The van der Waals surface area contributed by atoms with Gasteiger partial charge >= 0.3 is 0 Å². The zero-order chi connectivity index (χ0) is 20.4. The summed E-state index contributed by atoms with van der Waals surface area (Å²) in [5.74, 6) is 1.26. The van der Waals surface area contributed by atoms with Crippen molar-refractivity contribution in [3.8, 4) is 22.8 Å². The van der Waals surface area contributed by atoms with Crippen LogP contribution in [-0.4, -0.2) is 74.2 Å². The van der Waals surface area contributed by atoms with Crippen LogP contribution >= 0.6 is 0 Å². The Morgan fingerprint density at radius 1 is 1.21 bits per heavy atom. The molecule has 156 valence electrons. The van der Waals surface area contributed by atoms with Crippen LogP contribution in [0, 0.1) is 0 Å². The zero-order valence-electron chi connectivity index (χ0n) is 17.3. The molecule has 29 heavy (non-hydrogen) atoms. The number of morpholine rings is 1. The summed E-state index contributed by atoms with van der Waals surface area (Å²) in [5.41, 5.74) is 4.59. The monoisotopic (exact) mass is 400 g/mol. The first-order chi connectivity index (χ1) is 14.1. The Morgan fingerprint density at radius 2 is 1.93 bits per heavy atom. The summed E-state index contributed by atoms with van der Waals surface area (Å²) in [6, 6.07) is 3.95. The Bertz CT molecular complexity index is 903. The summed E-state index contributed by atoms with van der Waals surface area (Å²) < 4.78 is 18.0. The lowest BCUT2D eigenvalue weighted by molar-refractivity contribution is 0.0374. The number of methoxy groups -OCH3 is 2. The van der Waals surface area contributed by atoms with Crippen molar-refractivity contribution in [3.05, 3.63) is 29.0 Å². The van der Waals surface area contributed by atoms with Crippen LogP contribution in [0.1, 0.15) is 28.0 Å². The minimum Gasteiger partial charge on any atom is -0.493 e. The number of carbonyl (C=O) groups excluding carboxylic acids is 1. The summed E-state index contributed by atoms with van der Waals surface area (Å²) in [4.78, 5) is 15.2. The van der Waals surface area contributed by atoms with Crippen molar-refractivity contribution < 1.29 is 19.0 Å². The molecular formula is C21H28N4O4. The molecule has 2 heterocycles. The number of ether oxygens (including phenoxy) is 3. The van der Waals surface area contributed by atoms with E-state index in [1.54, 1.807) is 18.9 Å². The van der Waals surface area contributed by atoms with Crippen LogP contribution in [0.3, 0.4) is 0 Å². The van der Waals surface area contributed by atoms with Gasteiger partial charge < -0.3 is 19.5 Å². The number of rotatable bonds is 7. The second kappa shape index (κ2) is 8.42. The van der Waals surface area contributed by atoms with Crippen molar-refractivity contribution in [2.45, 2.75) is 12.8 Å². The molecule has 8 nitrogen and oxygen atoms in total. The van der Waals surface area contributed by atoms with Gasteiger partial charge in [0.1, 0.15) is 0 Å². The Kier molecular flexibility index (Phi) is 5.73. The molecule has 0 spiro atoms. The van der Waals surface area contributed by atoms with E-state index in [9.17, 15) is 4.79 Å². The summed E-state index contributed by atoms with van der Waals surface area (Å²) in [5, 5.41) is 7.53. The second-order valence-corrected chi connectivity index (χ2v) is 7.40. The number of fused-ring (bicyclic) bond motifs is 3. The van der Waals surface area contributed by atoms with Crippen LogP contribution in [0.25, 0.3) is 11.3 Å². The van der Waals surface area contributed by atoms with Crippen LogP contribution in [0.15, 0.2) is 12.1 Å². The molecule has 1 aromatic heterocycles. The van der Waals surface area contributed by atoms with E-state index < -0.39 is 0 Å². The minimum atomic E-state index is -0.115. The van der Waals surface area contributed by atoms with Gasteiger partial charge in [0.25, 0.3) is 5.91 Å². The predicted molar refractivity (Wildman–Crippen MR) is 109 cm³/mol. The van der Waals surface area contributed by atoms with Crippen molar-refractivity contribution in [1.82, 2.24) is 20.0 Å². The number of amides is 1. The first kappa shape index (κ1) is 19.7. The van der Waals surface area contributed by atoms with Gasteiger partial charge in [-0.25, -0.2) is 0 Å². The summed E-state index contributed by atoms with van der Waals surface area (Å²) in [6.07, 6.45) is 1.57. The molecule has 0 atom stereocenters. The third-order valence-electron chi connectivity index (χ3n) is 5.63. The molecular weight excluding hydrogens is 372 g/mol. The Balaban J connectivity index is 1.44. The summed E-state index contributed by atoms with van der Waals surface area (Å²) >= 11 is 0. The maximum Gasteiger partial charge on any atom is 0.272 e. The van der Waals surface area contributed by atoms with Crippen LogP contribution in [-0.2, 0) is 18.2 Å². The second-order valence-electron chi connectivity index (χ2n) is 7.40. The Hall–Kier alpha value is -2.58. The zero-order valence-corrected chi connectivity index (χ0v) is 17.3. The smallest absolute Gasteiger partial charge is 0.272 e. The normalized spacial score (nSPS) is 15.7. The average molecular weight is 400 g/mol. The van der Waals surface area contributed by atoms with E-state index in [1.165, 1.54) is 0 Å². The largest absolute Gasteiger partial charge is 0.493 e. The molecule has 2 aromatic rings. The first-order valence-corrected chi connectivity index (χ1v) is 10.0. The van der Waals surface area contributed by atoms with Crippen LogP contribution in [0.2, 0.25) is 0 Å². The molecule has 1 aromatic carbocycles. The van der Waals surface area contributed by atoms with Crippen molar-refractivity contribution in [3.63, 3.8) is 0 Å². The Morgan fingerprint density at radius 3 is 2.66 bits per heavy atom. The number of nitrogens with one attached hydrogen (secondary N) is 1. The predicted octanol–water partition coefficient (Wildman–Crippen LogP) is 1.46. The van der Waals surface area contributed by atoms with Crippen molar-refractivity contribution >= 4 is 5.91 Å². The van der Waals surface area contributed by atoms with Gasteiger partial charge in [0.15, 0.2) is 17.2 Å². The molecule has 1 aliphatic heterocycles. The molecule has 8 heteroatoms. The van der Waals surface area contributed by atoms with Gasteiger partial charge in [-0.05, 0) is 30.7 Å². The van der Waals surface area contributed by atoms with Gasteiger partial charge in [-0.1, -0.05) is 0 Å². The number of aryl methyl sites for hydroxylation is 1. The molecule has 0 saturated carbocycles. The van der Waals surface area contributed by atoms with E-state index >= 15 is 0 Å². The van der Waals surface area contributed by atoms with Crippen LogP contribution < -0.4 is 14.8 Å². The van der Waals surface area contributed by atoms with Gasteiger partial charge in [-0.2, -0.15) is 5.10 Å². The third kappa shape index (κ3) is 3.82. The minimum absolute atomic E-state index is 0.115. The molecule has 0 bridgehead atoms. The van der Waals surface area contributed by atoms with E-state index in [0.717, 1.165) is 61.7 Å². The molecule has 1 fully saturated rings. The molecule has 2 aliphatic rings. The topological polar surface area (TPSA) is 77.8 Å². The first-order valence-electron chi connectivity index (χ1n) is 10.0. The number of hydrogen-bond acceptors (Lipinski definition) is 6. The molecule has 0 radical (unpaired) electrons. The lowest BCUT2D eigenvalue weighted by Crippen LogP contribution is -2.38. The fourth-order valence-corrected chi connectivity index (χ4v) is 4.15. The number of carbonyl (C=O) groups is 1. The summed E-state index contributed by atoms with van der Waals surface area (Å²) in [6.45, 7) is 5.12. The van der Waals surface area contributed by atoms with E-state index in [4.69, 9.17) is 14.2 Å². The van der Waals surface area contributed by atoms with Gasteiger partial charge in [-0.3, -0.25) is 14.4 Å². The van der Waals surface area contributed by atoms with Crippen molar-refractivity contribution in [2.75, 3.05) is 53.6 Å². The van der Waals surface area contributed by atoms with Crippen LogP contribution in [0.4, 0.5) is 0 Å². The molecule has 1 saturated heterocycles. The number of benzene rings is 1. The fourth-order valence-electron chi connectivity index (χ4n) is 4.15. The van der Waals surface area contributed by atoms with Gasteiger partial charge in [0, 0.05) is 44.2 Å². The maximum atomic E-state index is 12.8. The third-order valence-corrected chi connectivity index (χ3v) is 5.63. The Labute approximate surface area is 170 Å². The van der Waals surface area contributed by atoms with Gasteiger partial charge in [0.2, 0.25) is 0 Å². The highest BCUT2D eigenvalue weighted by atomic mass is 16.5. The van der Waals surface area contributed by atoms with Crippen LogP contribution in [0.5, 0.6) is 11.5 Å². The van der Waals surface area contributed by atoms with Gasteiger partial charge in [0.05, 0.1) is 33.1 Å². The standard InChI is InChI=1S/C21H28N4O4/c1-24-20-15-13-18(28-3)17(27-2)12-14(15)11-16(20)19(23-24)21(26)22-5-4-6-25-7-9-29-10-8-25/h12-13H,4-11H2,1-3H3,(H,22,26). The quantitative estimate of drug-likeness (QED) is 0.605. The molecule has 1 aliphatic carbocycles. The SMILES string of the molecule is COc1cc2c(cc1OC)-c1c(c(C(=O)NCCCN3CCOCC3)nn1C)C2. The number of nitrogens with zero attached hydrogens (tertiary/aromatic N) is 3. The average Bonchev–Trinajstić information content (AvgIpc) is 3.27.